The molecule has 0 saturated carbocycles. The summed E-state index contributed by atoms with van der Waals surface area (Å²) in [7, 11) is 2.92. The largest absolute Gasteiger partial charge is 0.495 e. The van der Waals surface area contributed by atoms with Crippen LogP contribution >= 0.6 is 34.5 Å². The van der Waals surface area contributed by atoms with Crippen molar-refractivity contribution in [1.82, 2.24) is 10.3 Å². The lowest BCUT2D eigenvalue weighted by Gasteiger charge is -2.31. The Hall–Kier alpha value is -2.65. The first-order valence-electron chi connectivity index (χ1n) is 10.9. The summed E-state index contributed by atoms with van der Waals surface area (Å²) in [6, 6.07) is 5.29. The standard InChI is InChI=1S/C25H24Cl2N2O5S/c1-4-21(30)29-16-5-6-34-12-14(16)8-15-7-13-9-19(35-20(13)11-28-15)25(31)22-23(26)17(32-2)10-18(33-3)24(22)27/h4,7,9-11,14,16H,1,5-6,8,12H2,2-3H3,(H,29,30). The summed E-state index contributed by atoms with van der Waals surface area (Å²) in [6.45, 7) is 4.66. The number of nitrogens with zero attached hydrogens (tertiary/aromatic N) is 1. The molecule has 3 heterocycles. The van der Waals surface area contributed by atoms with E-state index in [-0.39, 0.29) is 39.3 Å². The highest BCUT2D eigenvalue weighted by molar-refractivity contribution is 7.21. The first-order chi connectivity index (χ1) is 16.9. The number of ketones is 1. The summed E-state index contributed by atoms with van der Waals surface area (Å²) in [5.74, 6) is 0.160. The average Bonchev–Trinajstić information content (AvgIpc) is 3.29. The lowest BCUT2D eigenvalue weighted by molar-refractivity contribution is -0.118. The molecule has 2 atom stereocenters. The number of fused-ring (bicyclic) bond motifs is 1. The molecule has 184 valence electrons. The topological polar surface area (TPSA) is 86.8 Å². The first-order valence-corrected chi connectivity index (χ1v) is 12.5. The summed E-state index contributed by atoms with van der Waals surface area (Å²) in [5.41, 5.74) is 0.978. The van der Waals surface area contributed by atoms with Crippen LogP contribution in [0.25, 0.3) is 10.1 Å². The van der Waals surface area contributed by atoms with E-state index < -0.39 is 0 Å². The molecule has 2 unspecified atom stereocenters. The van der Waals surface area contributed by atoms with E-state index in [1.807, 2.05) is 6.07 Å². The molecule has 1 saturated heterocycles. The maximum atomic E-state index is 13.4. The molecule has 7 nitrogen and oxygen atoms in total. The molecular formula is C25H24Cl2N2O5S. The van der Waals surface area contributed by atoms with Gasteiger partial charge in [-0.3, -0.25) is 14.6 Å². The van der Waals surface area contributed by atoms with E-state index in [4.69, 9.17) is 37.4 Å². The number of benzene rings is 1. The second-order valence-electron chi connectivity index (χ2n) is 8.08. The molecule has 2 aromatic heterocycles. The maximum absolute atomic E-state index is 13.4. The lowest BCUT2D eigenvalue weighted by Crippen LogP contribution is -2.45. The summed E-state index contributed by atoms with van der Waals surface area (Å²) in [4.78, 5) is 30.3. The van der Waals surface area contributed by atoms with Gasteiger partial charge >= 0.3 is 0 Å². The summed E-state index contributed by atoms with van der Waals surface area (Å²) in [5, 5.41) is 4.13. The van der Waals surface area contributed by atoms with E-state index in [0.29, 0.717) is 36.0 Å². The third-order valence-electron chi connectivity index (χ3n) is 5.94. The highest BCUT2D eigenvalue weighted by Gasteiger charge is 2.28. The van der Waals surface area contributed by atoms with E-state index in [9.17, 15) is 9.59 Å². The monoisotopic (exact) mass is 534 g/mol. The van der Waals surface area contributed by atoms with Crippen LogP contribution in [-0.2, 0) is 16.0 Å². The van der Waals surface area contributed by atoms with Crippen molar-refractivity contribution in [2.24, 2.45) is 5.92 Å². The quantitative estimate of drug-likeness (QED) is 0.319. The predicted octanol–water partition coefficient (Wildman–Crippen LogP) is 5.10. The van der Waals surface area contributed by atoms with Crippen molar-refractivity contribution in [3.63, 3.8) is 0 Å². The van der Waals surface area contributed by atoms with Gasteiger partial charge in [-0.15, -0.1) is 11.3 Å². The van der Waals surface area contributed by atoms with Gasteiger partial charge in [0.15, 0.2) is 0 Å². The van der Waals surface area contributed by atoms with Gasteiger partial charge < -0.3 is 19.5 Å². The maximum Gasteiger partial charge on any atom is 0.243 e. The van der Waals surface area contributed by atoms with Crippen molar-refractivity contribution in [1.29, 1.82) is 0 Å². The molecule has 10 heteroatoms. The number of rotatable bonds is 8. The van der Waals surface area contributed by atoms with Gasteiger partial charge in [0.1, 0.15) is 11.5 Å². The Morgan fingerprint density at radius 2 is 1.94 bits per heavy atom. The van der Waals surface area contributed by atoms with Crippen LogP contribution in [-0.4, -0.2) is 50.1 Å². The number of methoxy groups -OCH3 is 2. The zero-order valence-electron chi connectivity index (χ0n) is 19.2. The predicted molar refractivity (Wildman–Crippen MR) is 137 cm³/mol. The molecule has 1 aromatic carbocycles. The van der Waals surface area contributed by atoms with Gasteiger partial charge in [-0.2, -0.15) is 0 Å². The Kier molecular flexibility index (Phi) is 7.96. The van der Waals surface area contributed by atoms with Gasteiger partial charge in [0.05, 0.1) is 46.0 Å². The fourth-order valence-electron chi connectivity index (χ4n) is 4.12. The van der Waals surface area contributed by atoms with Crippen LogP contribution in [0.15, 0.2) is 37.1 Å². The lowest BCUT2D eigenvalue weighted by atomic mass is 9.91. The number of thiophene rings is 1. The Labute approximate surface area is 217 Å². The van der Waals surface area contributed by atoms with Crippen molar-refractivity contribution in [2.75, 3.05) is 27.4 Å². The number of ether oxygens (including phenoxy) is 3. The Morgan fingerprint density at radius 3 is 2.60 bits per heavy atom. The van der Waals surface area contributed by atoms with E-state index in [0.717, 1.165) is 22.2 Å². The summed E-state index contributed by atoms with van der Waals surface area (Å²) < 4.78 is 17.1. The Morgan fingerprint density at radius 1 is 1.23 bits per heavy atom. The number of carbonyl (C=O) groups is 2. The third-order valence-corrected chi connectivity index (χ3v) is 7.78. The zero-order valence-corrected chi connectivity index (χ0v) is 21.6. The number of halogens is 2. The first kappa shape index (κ1) is 25.4. The molecule has 0 bridgehead atoms. The van der Waals surface area contributed by atoms with Crippen LogP contribution in [0.2, 0.25) is 10.0 Å². The van der Waals surface area contributed by atoms with Gasteiger partial charge in [0, 0.05) is 36.5 Å². The minimum absolute atomic E-state index is 0.0151. The second kappa shape index (κ2) is 11.0. The molecule has 35 heavy (non-hydrogen) atoms. The molecule has 1 aliphatic heterocycles. The van der Waals surface area contributed by atoms with Crippen LogP contribution in [0, 0.1) is 5.92 Å². The molecule has 1 aliphatic rings. The van der Waals surface area contributed by atoms with Crippen LogP contribution in [0.5, 0.6) is 11.5 Å². The number of aromatic nitrogens is 1. The molecule has 1 N–H and O–H groups in total. The molecular weight excluding hydrogens is 511 g/mol. The summed E-state index contributed by atoms with van der Waals surface area (Å²) >= 11 is 14.2. The highest BCUT2D eigenvalue weighted by atomic mass is 35.5. The van der Waals surface area contributed by atoms with Crippen molar-refractivity contribution in [2.45, 2.75) is 18.9 Å². The van der Waals surface area contributed by atoms with Gasteiger partial charge in [-0.05, 0) is 36.4 Å². The normalized spacial score (nSPS) is 17.7. The van der Waals surface area contributed by atoms with Gasteiger partial charge in [-0.1, -0.05) is 29.8 Å². The van der Waals surface area contributed by atoms with Crippen molar-refractivity contribution in [3.05, 3.63) is 63.2 Å². The molecule has 1 amide bonds. The van der Waals surface area contributed by atoms with Crippen LogP contribution in [0.1, 0.15) is 27.3 Å². The minimum Gasteiger partial charge on any atom is -0.495 e. The molecule has 1 fully saturated rings. The summed E-state index contributed by atoms with van der Waals surface area (Å²) in [6.07, 6.45) is 4.39. The van der Waals surface area contributed by atoms with Crippen LogP contribution in [0.4, 0.5) is 0 Å². The number of nitrogens with one attached hydrogen (secondary N) is 1. The van der Waals surface area contributed by atoms with Crippen LogP contribution < -0.4 is 14.8 Å². The minimum atomic E-state index is -0.326. The number of amides is 1. The average molecular weight is 535 g/mol. The van der Waals surface area contributed by atoms with Crippen molar-refractivity contribution in [3.8, 4) is 11.5 Å². The number of carbonyl (C=O) groups excluding carboxylic acids is 2. The smallest absolute Gasteiger partial charge is 0.243 e. The van der Waals surface area contributed by atoms with Gasteiger partial charge in [-0.25, -0.2) is 0 Å². The zero-order chi connectivity index (χ0) is 25.1. The number of hydrogen-bond donors (Lipinski definition) is 1. The van der Waals surface area contributed by atoms with Gasteiger partial charge in [0.2, 0.25) is 11.7 Å². The second-order valence-corrected chi connectivity index (χ2v) is 9.92. The molecule has 0 aliphatic carbocycles. The Balaban J connectivity index is 1.62. The highest BCUT2D eigenvalue weighted by Crippen LogP contribution is 2.42. The molecule has 4 rings (SSSR count). The third kappa shape index (κ3) is 5.30. The van der Waals surface area contributed by atoms with Crippen LogP contribution in [0.3, 0.4) is 0 Å². The van der Waals surface area contributed by atoms with E-state index in [1.165, 1.54) is 31.6 Å². The van der Waals surface area contributed by atoms with Gasteiger partial charge in [0.25, 0.3) is 0 Å². The van der Waals surface area contributed by atoms with Crippen molar-refractivity contribution >= 4 is 56.3 Å². The number of hydrogen-bond acceptors (Lipinski definition) is 7. The molecule has 3 aromatic rings. The van der Waals surface area contributed by atoms with E-state index in [2.05, 4.69) is 16.9 Å². The fraction of sp³-hybridized carbons (Fsp3) is 0.320. The number of pyridine rings is 1. The Bertz CT molecular complexity index is 1260. The molecule has 0 radical (unpaired) electrons. The SMILES string of the molecule is C=CC(=O)NC1CCOCC1Cc1cc2cc(C(=O)c3c(Cl)c(OC)cc(OC)c3Cl)sc2cn1. The molecule has 0 spiro atoms. The van der Waals surface area contributed by atoms with E-state index in [1.54, 1.807) is 18.3 Å². The van der Waals surface area contributed by atoms with Crippen molar-refractivity contribution < 1.29 is 23.8 Å². The van der Waals surface area contributed by atoms with E-state index >= 15 is 0 Å². The fourth-order valence-corrected chi connectivity index (χ4v) is 5.75.